The fourth-order valence-corrected chi connectivity index (χ4v) is 2.13. The Hall–Kier alpha value is -2.03. The number of halogens is 6. The second-order valence-electron chi connectivity index (χ2n) is 5.37. The van der Waals surface area contributed by atoms with Gasteiger partial charge in [0, 0.05) is 5.56 Å². The van der Waals surface area contributed by atoms with E-state index in [1.54, 1.807) is 6.92 Å². The zero-order chi connectivity index (χ0) is 20.0. The van der Waals surface area contributed by atoms with Gasteiger partial charge in [0.1, 0.15) is 6.61 Å². The molecule has 0 aliphatic heterocycles. The van der Waals surface area contributed by atoms with Crippen molar-refractivity contribution in [3.63, 3.8) is 0 Å². The number of alkyl halides is 6. The van der Waals surface area contributed by atoms with Crippen molar-refractivity contribution in [3.05, 3.63) is 42.0 Å². The Morgan fingerprint density at radius 3 is 2.04 bits per heavy atom. The highest BCUT2D eigenvalue weighted by molar-refractivity contribution is 5.70. The Bertz CT molecular complexity index is 590. The Labute approximate surface area is 146 Å². The molecule has 0 amide bonds. The summed E-state index contributed by atoms with van der Waals surface area (Å²) in [5.41, 5.74) is -5.51. The maximum absolute atomic E-state index is 13.5. The highest BCUT2D eigenvalue weighted by atomic mass is 19.4. The van der Waals surface area contributed by atoms with Crippen molar-refractivity contribution in [2.75, 3.05) is 13.2 Å². The number of ether oxygens (including phenoxy) is 2. The number of benzene rings is 1. The number of esters is 1. The van der Waals surface area contributed by atoms with Crippen molar-refractivity contribution in [2.24, 2.45) is 0 Å². The lowest BCUT2D eigenvalue weighted by Gasteiger charge is -2.37. The van der Waals surface area contributed by atoms with E-state index in [4.69, 9.17) is 0 Å². The largest absolute Gasteiger partial charge is 0.464 e. The minimum Gasteiger partial charge on any atom is -0.464 e. The van der Waals surface area contributed by atoms with Gasteiger partial charge in [-0.3, -0.25) is 0 Å². The number of hydrogen-bond donors (Lipinski definition) is 0. The Kier molecular flexibility index (Phi) is 7.25. The molecule has 0 aliphatic rings. The van der Waals surface area contributed by atoms with E-state index in [0.717, 1.165) is 12.1 Å². The monoisotopic (exact) mass is 384 g/mol. The first-order valence-electron chi connectivity index (χ1n) is 7.65. The molecule has 0 fully saturated rings. The van der Waals surface area contributed by atoms with Crippen LogP contribution in [0.5, 0.6) is 0 Å². The van der Waals surface area contributed by atoms with E-state index in [1.807, 2.05) is 0 Å². The number of unbranched alkanes of at least 4 members (excludes halogenated alkanes) is 1. The van der Waals surface area contributed by atoms with Crippen molar-refractivity contribution in [1.29, 1.82) is 0 Å². The lowest BCUT2D eigenvalue weighted by atomic mass is 9.91. The second-order valence-corrected chi connectivity index (χ2v) is 5.37. The average molecular weight is 384 g/mol. The SMILES string of the molecule is C=Cc1ccc(C(OCC(=O)OCCCC)(C(F)(F)F)C(F)(F)F)cc1. The van der Waals surface area contributed by atoms with Gasteiger partial charge in [0.15, 0.2) is 0 Å². The van der Waals surface area contributed by atoms with Crippen LogP contribution in [0.4, 0.5) is 26.3 Å². The van der Waals surface area contributed by atoms with E-state index in [9.17, 15) is 31.1 Å². The molecule has 26 heavy (non-hydrogen) atoms. The van der Waals surface area contributed by atoms with Gasteiger partial charge in [0.2, 0.25) is 0 Å². The van der Waals surface area contributed by atoms with Crippen LogP contribution < -0.4 is 0 Å². The van der Waals surface area contributed by atoms with Gasteiger partial charge in [-0.05, 0) is 12.0 Å². The molecule has 0 N–H and O–H groups in total. The van der Waals surface area contributed by atoms with E-state index in [2.05, 4.69) is 16.1 Å². The molecule has 0 bridgehead atoms. The van der Waals surface area contributed by atoms with E-state index >= 15 is 0 Å². The summed E-state index contributed by atoms with van der Waals surface area (Å²) in [5.74, 6) is -1.31. The normalized spacial score (nSPS) is 12.7. The van der Waals surface area contributed by atoms with Gasteiger partial charge in [-0.1, -0.05) is 50.3 Å². The third kappa shape index (κ3) is 4.78. The summed E-state index contributed by atoms with van der Waals surface area (Å²) in [7, 11) is 0. The lowest BCUT2D eigenvalue weighted by molar-refractivity contribution is -0.387. The summed E-state index contributed by atoms with van der Waals surface area (Å²) in [6.45, 7) is 3.54. The van der Waals surface area contributed by atoms with Crippen molar-refractivity contribution < 1.29 is 40.6 Å². The predicted molar refractivity (Wildman–Crippen MR) is 82.1 cm³/mol. The molecule has 0 heterocycles. The van der Waals surface area contributed by atoms with Gasteiger partial charge in [-0.2, -0.15) is 26.3 Å². The minimum atomic E-state index is -5.86. The van der Waals surface area contributed by atoms with Gasteiger partial charge in [-0.15, -0.1) is 0 Å². The first-order valence-corrected chi connectivity index (χ1v) is 7.65. The summed E-state index contributed by atoms with van der Waals surface area (Å²) in [4.78, 5) is 11.5. The molecule has 0 spiro atoms. The van der Waals surface area contributed by atoms with Crippen molar-refractivity contribution >= 4 is 12.0 Å². The molecule has 1 aromatic rings. The molecule has 0 aromatic heterocycles. The highest BCUT2D eigenvalue weighted by Crippen LogP contribution is 2.52. The van der Waals surface area contributed by atoms with Crippen LogP contribution in [-0.2, 0) is 19.9 Å². The van der Waals surface area contributed by atoms with E-state index in [-0.39, 0.29) is 6.61 Å². The van der Waals surface area contributed by atoms with Gasteiger partial charge in [0.25, 0.3) is 5.60 Å². The minimum absolute atomic E-state index is 0.113. The zero-order valence-corrected chi connectivity index (χ0v) is 13.9. The molecule has 0 aliphatic carbocycles. The molecule has 3 nitrogen and oxygen atoms in total. The molecular formula is C17H18F6O3. The highest BCUT2D eigenvalue weighted by Gasteiger charge is 2.73. The average Bonchev–Trinajstić information content (AvgIpc) is 2.53. The number of carbonyl (C=O) groups excluding carboxylic acids is 1. The molecule has 1 aromatic carbocycles. The molecule has 9 heteroatoms. The van der Waals surface area contributed by atoms with Crippen LogP contribution in [0.1, 0.15) is 30.9 Å². The topological polar surface area (TPSA) is 35.5 Å². The Morgan fingerprint density at radius 1 is 1.08 bits per heavy atom. The zero-order valence-electron chi connectivity index (χ0n) is 13.9. The molecular weight excluding hydrogens is 366 g/mol. The molecule has 0 atom stereocenters. The van der Waals surface area contributed by atoms with Crippen LogP contribution in [0.15, 0.2) is 30.8 Å². The fraction of sp³-hybridized carbons (Fsp3) is 0.471. The summed E-state index contributed by atoms with van der Waals surface area (Å²) in [5, 5.41) is 0. The molecule has 0 unspecified atom stereocenters. The third-order valence-electron chi connectivity index (χ3n) is 3.52. The van der Waals surface area contributed by atoms with Gasteiger partial charge >= 0.3 is 18.3 Å². The standard InChI is InChI=1S/C17H18F6O3/c1-3-5-10-25-14(24)11-26-15(16(18,19)20,17(21,22)23)13-8-6-12(4-2)7-9-13/h4,6-9H,2-3,5,10-11H2,1H3. The molecule has 146 valence electrons. The summed E-state index contributed by atoms with van der Waals surface area (Å²) >= 11 is 0. The van der Waals surface area contributed by atoms with E-state index in [0.29, 0.717) is 30.5 Å². The van der Waals surface area contributed by atoms with Crippen LogP contribution in [0.25, 0.3) is 6.08 Å². The first kappa shape index (κ1) is 22.0. The van der Waals surface area contributed by atoms with Gasteiger partial charge in [0.05, 0.1) is 6.61 Å². The second kappa shape index (κ2) is 8.57. The number of carbonyl (C=O) groups is 1. The number of rotatable bonds is 8. The Morgan fingerprint density at radius 2 is 1.62 bits per heavy atom. The van der Waals surface area contributed by atoms with Crippen molar-refractivity contribution in [3.8, 4) is 0 Å². The lowest BCUT2D eigenvalue weighted by Crippen LogP contribution is -2.56. The van der Waals surface area contributed by atoms with Crippen molar-refractivity contribution in [2.45, 2.75) is 37.7 Å². The van der Waals surface area contributed by atoms with E-state index < -0.39 is 36.1 Å². The molecule has 0 saturated carbocycles. The van der Waals surface area contributed by atoms with Crippen LogP contribution >= 0.6 is 0 Å². The summed E-state index contributed by atoms with van der Waals surface area (Å²) < 4.78 is 89.6. The van der Waals surface area contributed by atoms with Crippen molar-refractivity contribution in [1.82, 2.24) is 0 Å². The van der Waals surface area contributed by atoms with Crippen LogP contribution in [-0.4, -0.2) is 31.5 Å². The molecule has 0 saturated heterocycles. The van der Waals surface area contributed by atoms with Crippen LogP contribution in [0, 0.1) is 0 Å². The van der Waals surface area contributed by atoms with Gasteiger partial charge in [-0.25, -0.2) is 4.79 Å². The van der Waals surface area contributed by atoms with Gasteiger partial charge < -0.3 is 9.47 Å². The van der Waals surface area contributed by atoms with Crippen LogP contribution in [0.3, 0.4) is 0 Å². The van der Waals surface area contributed by atoms with E-state index in [1.165, 1.54) is 6.08 Å². The van der Waals surface area contributed by atoms with Crippen LogP contribution in [0.2, 0.25) is 0 Å². The number of hydrogen-bond acceptors (Lipinski definition) is 3. The smallest absolute Gasteiger partial charge is 0.430 e. The maximum atomic E-state index is 13.5. The summed E-state index contributed by atoms with van der Waals surface area (Å²) in [6, 6.07) is 3.36. The summed E-state index contributed by atoms with van der Waals surface area (Å²) in [6.07, 6.45) is -9.38. The molecule has 0 radical (unpaired) electrons. The first-order chi connectivity index (χ1) is 12.0. The molecule has 1 rings (SSSR count). The quantitative estimate of drug-likeness (QED) is 0.359. The Balaban J connectivity index is 3.23. The predicted octanol–water partition coefficient (Wildman–Crippen LogP) is 5.01. The fourth-order valence-electron chi connectivity index (χ4n) is 2.13. The maximum Gasteiger partial charge on any atom is 0.430 e. The third-order valence-corrected chi connectivity index (χ3v) is 3.52.